The Kier molecular flexibility index (Phi) is 4.24. The quantitative estimate of drug-likeness (QED) is 0.944. The first-order valence-corrected chi connectivity index (χ1v) is 7.72. The number of hydrogen-bond acceptors (Lipinski definition) is 3. The van der Waals surface area contributed by atoms with Gasteiger partial charge in [0.2, 0.25) is 0 Å². The molecule has 0 saturated carbocycles. The highest BCUT2D eigenvalue weighted by Crippen LogP contribution is 2.25. The number of hydrogen-bond donors (Lipinski definition) is 1. The fourth-order valence-corrected chi connectivity index (χ4v) is 3.12. The van der Waals surface area contributed by atoms with Crippen LogP contribution in [0.25, 0.3) is 5.69 Å². The van der Waals surface area contributed by atoms with Crippen LogP contribution in [0.15, 0.2) is 42.7 Å². The molecule has 1 amide bonds. The number of amides is 1. The van der Waals surface area contributed by atoms with E-state index in [1.54, 1.807) is 10.9 Å². The third kappa shape index (κ3) is 2.76. The van der Waals surface area contributed by atoms with Crippen molar-refractivity contribution in [2.45, 2.75) is 25.8 Å². The Labute approximate surface area is 130 Å². The number of benzene rings is 1. The van der Waals surface area contributed by atoms with E-state index in [0.29, 0.717) is 11.5 Å². The summed E-state index contributed by atoms with van der Waals surface area (Å²) in [6, 6.07) is 9.22. The summed E-state index contributed by atoms with van der Waals surface area (Å²) in [5.41, 5.74) is 1.58. The first kappa shape index (κ1) is 14.8. The van der Waals surface area contributed by atoms with Gasteiger partial charge in [0.1, 0.15) is 0 Å². The molecule has 0 spiro atoms. The molecule has 2 heterocycles. The van der Waals surface area contributed by atoms with E-state index in [1.807, 2.05) is 41.4 Å². The molecule has 2 atom stereocenters. The normalized spacial score (nSPS) is 21.8. The molecule has 2 unspecified atom stereocenters. The number of piperidine rings is 1. The first-order chi connectivity index (χ1) is 10.7. The summed E-state index contributed by atoms with van der Waals surface area (Å²) in [6.45, 7) is 2.84. The predicted octanol–water partition coefficient (Wildman–Crippen LogP) is 2.11. The summed E-state index contributed by atoms with van der Waals surface area (Å²) in [7, 11) is 0. The van der Waals surface area contributed by atoms with Gasteiger partial charge in [-0.05, 0) is 49.1 Å². The zero-order chi connectivity index (χ0) is 15.5. The molecule has 116 valence electrons. The van der Waals surface area contributed by atoms with Gasteiger partial charge < -0.3 is 10.0 Å². The molecular formula is C17H21N3O2. The van der Waals surface area contributed by atoms with Gasteiger partial charge in [0.05, 0.1) is 18.3 Å². The highest BCUT2D eigenvalue weighted by molar-refractivity contribution is 5.94. The molecule has 1 aliphatic heterocycles. The number of aliphatic hydroxyl groups is 1. The predicted molar refractivity (Wildman–Crippen MR) is 83.9 cm³/mol. The number of aliphatic hydroxyl groups excluding tert-OH is 1. The molecule has 0 radical (unpaired) electrons. The molecule has 22 heavy (non-hydrogen) atoms. The van der Waals surface area contributed by atoms with E-state index in [0.717, 1.165) is 25.1 Å². The third-order valence-electron chi connectivity index (χ3n) is 4.45. The van der Waals surface area contributed by atoms with Crippen LogP contribution in [-0.4, -0.2) is 44.9 Å². The molecule has 1 aromatic carbocycles. The van der Waals surface area contributed by atoms with Crippen LogP contribution in [0.5, 0.6) is 0 Å². The minimum absolute atomic E-state index is 0.00221. The van der Waals surface area contributed by atoms with Crippen molar-refractivity contribution in [3.63, 3.8) is 0 Å². The van der Waals surface area contributed by atoms with Gasteiger partial charge in [-0.25, -0.2) is 4.68 Å². The van der Waals surface area contributed by atoms with E-state index in [1.165, 1.54) is 0 Å². The summed E-state index contributed by atoms with van der Waals surface area (Å²) in [4.78, 5) is 14.5. The molecule has 1 N–H and O–H groups in total. The van der Waals surface area contributed by atoms with Crippen molar-refractivity contribution in [3.05, 3.63) is 48.3 Å². The maximum atomic E-state index is 12.7. The van der Waals surface area contributed by atoms with E-state index in [-0.39, 0.29) is 18.6 Å². The summed E-state index contributed by atoms with van der Waals surface area (Å²) in [6.07, 6.45) is 5.65. The Morgan fingerprint density at radius 2 is 2.14 bits per heavy atom. The monoisotopic (exact) mass is 299 g/mol. The Hall–Kier alpha value is -2.14. The third-order valence-corrected chi connectivity index (χ3v) is 4.45. The van der Waals surface area contributed by atoms with E-state index in [9.17, 15) is 9.90 Å². The Morgan fingerprint density at radius 1 is 1.36 bits per heavy atom. The fourth-order valence-electron chi connectivity index (χ4n) is 3.12. The lowest BCUT2D eigenvalue weighted by molar-refractivity contribution is 0.0358. The molecule has 1 fully saturated rings. The second-order valence-corrected chi connectivity index (χ2v) is 5.87. The van der Waals surface area contributed by atoms with Crippen LogP contribution in [0, 0.1) is 5.92 Å². The standard InChI is InChI=1S/C17H21N3O2/c1-13-4-2-10-19(16(13)12-21)17(22)14-5-7-15(8-6-14)20-11-3-9-18-20/h3,5-9,11,13,16,21H,2,4,10,12H2,1H3. The Balaban J connectivity index is 1.79. The number of carbonyl (C=O) groups excluding carboxylic acids is 1. The molecule has 5 heteroatoms. The molecular weight excluding hydrogens is 278 g/mol. The smallest absolute Gasteiger partial charge is 0.254 e. The minimum atomic E-state index is -0.0768. The van der Waals surface area contributed by atoms with Crippen LogP contribution in [0.2, 0.25) is 0 Å². The summed E-state index contributed by atoms with van der Waals surface area (Å²) in [5.74, 6) is 0.337. The number of aromatic nitrogens is 2. The number of rotatable bonds is 3. The van der Waals surface area contributed by atoms with Crippen molar-refractivity contribution in [1.82, 2.24) is 14.7 Å². The second kappa shape index (κ2) is 6.32. The van der Waals surface area contributed by atoms with E-state index in [4.69, 9.17) is 0 Å². The molecule has 5 nitrogen and oxygen atoms in total. The van der Waals surface area contributed by atoms with Gasteiger partial charge in [0, 0.05) is 24.5 Å². The van der Waals surface area contributed by atoms with Gasteiger partial charge >= 0.3 is 0 Å². The fraction of sp³-hybridized carbons (Fsp3) is 0.412. The minimum Gasteiger partial charge on any atom is -0.394 e. The van der Waals surface area contributed by atoms with Crippen molar-refractivity contribution in [2.75, 3.05) is 13.2 Å². The van der Waals surface area contributed by atoms with Gasteiger partial charge in [0.15, 0.2) is 0 Å². The van der Waals surface area contributed by atoms with Crippen molar-refractivity contribution >= 4 is 5.91 Å². The first-order valence-electron chi connectivity index (χ1n) is 7.72. The molecule has 2 aromatic rings. The van der Waals surface area contributed by atoms with Crippen molar-refractivity contribution < 1.29 is 9.90 Å². The van der Waals surface area contributed by atoms with Gasteiger partial charge in [-0.3, -0.25) is 4.79 Å². The van der Waals surface area contributed by atoms with Gasteiger partial charge in [-0.2, -0.15) is 5.10 Å². The zero-order valence-electron chi connectivity index (χ0n) is 12.7. The van der Waals surface area contributed by atoms with E-state index < -0.39 is 0 Å². The molecule has 3 rings (SSSR count). The lowest BCUT2D eigenvalue weighted by Gasteiger charge is -2.39. The zero-order valence-corrected chi connectivity index (χ0v) is 12.7. The molecule has 0 aliphatic carbocycles. The van der Waals surface area contributed by atoms with Crippen LogP contribution < -0.4 is 0 Å². The number of likely N-dealkylation sites (tertiary alicyclic amines) is 1. The molecule has 1 aromatic heterocycles. The van der Waals surface area contributed by atoms with Crippen LogP contribution in [0.3, 0.4) is 0 Å². The van der Waals surface area contributed by atoms with Crippen LogP contribution in [-0.2, 0) is 0 Å². The maximum absolute atomic E-state index is 12.7. The molecule has 1 aliphatic rings. The van der Waals surface area contributed by atoms with E-state index >= 15 is 0 Å². The Bertz CT molecular complexity index is 622. The van der Waals surface area contributed by atoms with Crippen molar-refractivity contribution in [2.24, 2.45) is 5.92 Å². The summed E-state index contributed by atoms with van der Waals surface area (Å²) >= 11 is 0. The largest absolute Gasteiger partial charge is 0.394 e. The molecule has 1 saturated heterocycles. The average molecular weight is 299 g/mol. The summed E-state index contributed by atoms with van der Waals surface area (Å²) in [5, 5.41) is 13.8. The van der Waals surface area contributed by atoms with Crippen molar-refractivity contribution in [1.29, 1.82) is 0 Å². The van der Waals surface area contributed by atoms with Gasteiger partial charge in [-0.15, -0.1) is 0 Å². The highest BCUT2D eigenvalue weighted by Gasteiger charge is 2.31. The molecule has 0 bridgehead atoms. The topological polar surface area (TPSA) is 58.4 Å². The average Bonchev–Trinajstić information content (AvgIpc) is 3.08. The summed E-state index contributed by atoms with van der Waals surface area (Å²) < 4.78 is 1.76. The van der Waals surface area contributed by atoms with E-state index in [2.05, 4.69) is 12.0 Å². The van der Waals surface area contributed by atoms with Gasteiger partial charge in [0.25, 0.3) is 5.91 Å². The lowest BCUT2D eigenvalue weighted by atomic mass is 9.90. The van der Waals surface area contributed by atoms with Crippen LogP contribution in [0.4, 0.5) is 0 Å². The number of nitrogens with zero attached hydrogens (tertiary/aromatic N) is 3. The number of carbonyl (C=O) groups is 1. The second-order valence-electron chi connectivity index (χ2n) is 5.87. The van der Waals surface area contributed by atoms with Crippen molar-refractivity contribution in [3.8, 4) is 5.69 Å². The maximum Gasteiger partial charge on any atom is 0.254 e. The highest BCUT2D eigenvalue weighted by atomic mass is 16.3. The lowest BCUT2D eigenvalue weighted by Crippen LogP contribution is -2.49. The van der Waals surface area contributed by atoms with Gasteiger partial charge in [-0.1, -0.05) is 6.92 Å². The van der Waals surface area contributed by atoms with Crippen LogP contribution in [0.1, 0.15) is 30.1 Å². The SMILES string of the molecule is CC1CCCN(C(=O)c2ccc(-n3cccn3)cc2)C1CO. The Morgan fingerprint density at radius 3 is 2.77 bits per heavy atom. The van der Waals surface area contributed by atoms with Crippen LogP contribution >= 0.6 is 0 Å².